The highest BCUT2D eigenvalue weighted by molar-refractivity contribution is 5.95. The van der Waals surface area contributed by atoms with Gasteiger partial charge in [-0.15, -0.1) is 0 Å². The molecule has 1 aromatic carbocycles. The Labute approximate surface area is 163 Å². The summed E-state index contributed by atoms with van der Waals surface area (Å²) in [5, 5.41) is 5.72. The molecule has 2 aliphatic rings. The molecular weight excluding hydrogens is 360 g/mol. The summed E-state index contributed by atoms with van der Waals surface area (Å²) in [6.45, 7) is 2.84. The van der Waals surface area contributed by atoms with E-state index in [9.17, 15) is 9.59 Å². The number of urea groups is 2. The molecule has 3 heterocycles. The zero-order chi connectivity index (χ0) is 19.3. The number of nitrogens with zero attached hydrogens (tertiary/aromatic N) is 2. The lowest BCUT2D eigenvalue weighted by Crippen LogP contribution is -2.39. The van der Waals surface area contributed by atoms with E-state index in [1.807, 2.05) is 30.3 Å². The first-order valence-corrected chi connectivity index (χ1v) is 9.54. The van der Waals surface area contributed by atoms with Crippen molar-refractivity contribution in [2.45, 2.75) is 25.5 Å². The molecule has 0 bridgehead atoms. The van der Waals surface area contributed by atoms with E-state index in [2.05, 4.69) is 10.6 Å². The number of benzene rings is 1. The molecule has 1 unspecified atom stereocenters. The predicted molar refractivity (Wildman–Crippen MR) is 104 cm³/mol. The van der Waals surface area contributed by atoms with Crippen LogP contribution in [-0.2, 0) is 11.3 Å². The third kappa shape index (κ3) is 4.28. The van der Waals surface area contributed by atoms with Crippen molar-refractivity contribution in [3.8, 4) is 0 Å². The molecule has 8 heteroatoms. The average molecular weight is 384 g/mol. The summed E-state index contributed by atoms with van der Waals surface area (Å²) in [5.41, 5.74) is 1.39. The molecule has 4 rings (SSSR count). The molecule has 0 aliphatic carbocycles. The second-order valence-corrected chi connectivity index (χ2v) is 6.96. The minimum Gasteiger partial charge on any atom is -0.467 e. The first kappa shape index (κ1) is 18.4. The van der Waals surface area contributed by atoms with Crippen molar-refractivity contribution < 1.29 is 18.7 Å². The van der Waals surface area contributed by atoms with Gasteiger partial charge in [0.2, 0.25) is 0 Å². The SMILES string of the molecule is O=C(Nc1cccc(N2CCNC2=O)c1)N(Cc1ccco1)CC1CCCO1. The van der Waals surface area contributed by atoms with Crippen LogP contribution in [0.25, 0.3) is 0 Å². The van der Waals surface area contributed by atoms with E-state index < -0.39 is 0 Å². The number of carbonyl (C=O) groups is 2. The van der Waals surface area contributed by atoms with Gasteiger partial charge in [0.15, 0.2) is 0 Å². The van der Waals surface area contributed by atoms with Crippen molar-refractivity contribution in [3.63, 3.8) is 0 Å². The van der Waals surface area contributed by atoms with Gasteiger partial charge in [-0.25, -0.2) is 9.59 Å². The van der Waals surface area contributed by atoms with Crippen LogP contribution in [0, 0.1) is 0 Å². The number of hydrogen-bond acceptors (Lipinski definition) is 4. The summed E-state index contributed by atoms with van der Waals surface area (Å²) >= 11 is 0. The molecule has 148 valence electrons. The van der Waals surface area contributed by atoms with Crippen molar-refractivity contribution in [2.24, 2.45) is 0 Å². The summed E-state index contributed by atoms with van der Waals surface area (Å²) in [6.07, 6.45) is 3.60. The lowest BCUT2D eigenvalue weighted by atomic mass is 10.2. The summed E-state index contributed by atoms with van der Waals surface area (Å²) < 4.78 is 11.1. The van der Waals surface area contributed by atoms with E-state index in [-0.39, 0.29) is 18.2 Å². The van der Waals surface area contributed by atoms with Crippen LogP contribution in [0.15, 0.2) is 47.1 Å². The largest absolute Gasteiger partial charge is 0.467 e. The highest BCUT2D eigenvalue weighted by Crippen LogP contribution is 2.22. The molecule has 2 aromatic rings. The molecule has 2 saturated heterocycles. The van der Waals surface area contributed by atoms with Crippen LogP contribution in [0.1, 0.15) is 18.6 Å². The van der Waals surface area contributed by atoms with Gasteiger partial charge >= 0.3 is 12.1 Å². The van der Waals surface area contributed by atoms with Crippen LogP contribution in [0.4, 0.5) is 21.0 Å². The van der Waals surface area contributed by atoms with E-state index >= 15 is 0 Å². The van der Waals surface area contributed by atoms with Gasteiger partial charge in [0.1, 0.15) is 5.76 Å². The van der Waals surface area contributed by atoms with Crippen molar-refractivity contribution in [1.29, 1.82) is 0 Å². The van der Waals surface area contributed by atoms with E-state index in [0.717, 1.165) is 30.9 Å². The summed E-state index contributed by atoms with van der Waals surface area (Å²) in [7, 11) is 0. The number of hydrogen-bond donors (Lipinski definition) is 2. The first-order valence-electron chi connectivity index (χ1n) is 9.54. The molecule has 4 amide bonds. The van der Waals surface area contributed by atoms with E-state index in [0.29, 0.717) is 31.9 Å². The van der Waals surface area contributed by atoms with Gasteiger partial charge in [-0.3, -0.25) is 4.90 Å². The van der Waals surface area contributed by atoms with Gasteiger partial charge in [0.05, 0.1) is 18.9 Å². The van der Waals surface area contributed by atoms with Gasteiger partial charge in [-0.2, -0.15) is 0 Å². The van der Waals surface area contributed by atoms with Crippen molar-refractivity contribution in [3.05, 3.63) is 48.4 Å². The smallest absolute Gasteiger partial charge is 0.322 e. The van der Waals surface area contributed by atoms with Gasteiger partial charge in [0, 0.05) is 37.6 Å². The van der Waals surface area contributed by atoms with Gasteiger partial charge in [-0.05, 0) is 43.2 Å². The standard InChI is InChI=1S/C20H24N4O4/c25-19-21-8-9-24(19)16-5-1-4-15(12-16)22-20(26)23(13-17-6-2-10-27-17)14-18-7-3-11-28-18/h1-2,4-6,10,12,18H,3,7-9,11,13-14H2,(H,21,25)(H,22,26). The van der Waals surface area contributed by atoms with Gasteiger partial charge in [-0.1, -0.05) is 6.07 Å². The van der Waals surface area contributed by atoms with Crippen LogP contribution in [0.5, 0.6) is 0 Å². The molecule has 1 atom stereocenters. The summed E-state index contributed by atoms with van der Waals surface area (Å²) in [4.78, 5) is 28.2. The van der Waals surface area contributed by atoms with Crippen LogP contribution >= 0.6 is 0 Å². The van der Waals surface area contributed by atoms with Crippen LogP contribution in [-0.4, -0.2) is 49.3 Å². The van der Waals surface area contributed by atoms with Crippen molar-refractivity contribution in [1.82, 2.24) is 10.2 Å². The zero-order valence-corrected chi connectivity index (χ0v) is 15.6. The zero-order valence-electron chi connectivity index (χ0n) is 15.6. The fraction of sp³-hybridized carbons (Fsp3) is 0.400. The molecule has 0 spiro atoms. The Morgan fingerprint density at radius 2 is 2.25 bits per heavy atom. The molecule has 0 radical (unpaired) electrons. The highest BCUT2D eigenvalue weighted by Gasteiger charge is 2.24. The maximum atomic E-state index is 12.9. The maximum absolute atomic E-state index is 12.9. The average Bonchev–Trinajstić information content (AvgIpc) is 3.44. The Balaban J connectivity index is 1.46. The third-order valence-corrected chi connectivity index (χ3v) is 4.93. The third-order valence-electron chi connectivity index (χ3n) is 4.93. The van der Waals surface area contributed by atoms with Crippen molar-refractivity contribution >= 4 is 23.4 Å². The van der Waals surface area contributed by atoms with Crippen LogP contribution in [0.3, 0.4) is 0 Å². The normalized spacial score (nSPS) is 18.9. The minimum atomic E-state index is -0.227. The quantitative estimate of drug-likeness (QED) is 0.801. The molecule has 2 aliphatic heterocycles. The topological polar surface area (TPSA) is 87.1 Å². The molecule has 1 aromatic heterocycles. The number of anilines is 2. The second-order valence-electron chi connectivity index (χ2n) is 6.96. The fourth-order valence-electron chi connectivity index (χ4n) is 3.52. The fourth-order valence-corrected chi connectivity index (χ4v) is 3.52. The van der Waals surface area contributed by atoms with Gasteiger partial charge in [0.25, 0.3) is 0 Å². The summed E-state index contributed by atoms with van der Waals surface area (Å²) in [6, 6.07) is 10.6. The van der Waals surface area contributed by atoms with E-state index in [4.69, 9.17) is 9.15 Å². The predicted octanol–water partition coefficient (Wildman–Crippen LogP) is 3.02. The van der Waals surface area contributed by atoms with Crippen LogP contribution in [0.2, 0.25) is 0 Å². The molecule has 2 fully saturated rings. The Bertz CT molecular complexity index is 817. The lowest BCUT2D eigenvalue weighted by molar-refractivity contribution is 0.0803. The Kier molecular flexibility index (Phi) is 5.48. The maximum Gasteiger partial charge on any atom is 0.322 e. The first-order chi connectivity index (χ1) is 13.7. The lowest BCUT2D eigenvalue weighted by Gasteiger charge is -2.25. The number of rotatable bonds is 6. The Morgan fingerprint density at radius 1 is 1.32 bits per heavy atom. The summed E-state index contributed by atoms with van der Waals surface area (Å²) in [5.74, 6) is 0.718. The molecule has 28 heavy (non-hydrogen) atoms. The van der Waals surface area contributed by atoms with E-state index in [1.165, 1.54) is 0 Å². The number of ether oxygens (including phenoxy) is 1. The number of carbonyl (C=O) groups excluding carboxylic acids is 2. The number of amides is 4. The molecule has 2 N–H and O–H groups in total. The molecule has 8 nitrogen and oxygen atoms in total. The van der Waals surface area contributed by atoms with E-state index in [1.54, 1.807) is 22.1 Å². The number of nitrogens with one attached hydrogen (secondary N) is 2. The van der Waals surface area contributed by atoms with Crippen molar-refractivity contribution in [2.75, 3.05) is 36.5 Å². The second kappa shape index (κ2) is 8.35. The minimum absolute atomic E-state index is 0.0420. The Hall–Kier alpha value is -3.00. The Morgan fingerprint density at radius 3 is 2.96 bits per heavy atom. The molecule has 0 saturated carbocycles. The number of furan rings is 1. The highest BCUT2D eigenvalue weighted by atomic mass is 16.5. The van der Waals surface area contributed by atoms with Crippen LogP contribution < -0.4 is 15.5 Å². The van der Waals surface area contributed by atoms with Gasteiger partial charge < -0.3 is 24.7 Å². The molecular formula is C20H24N4O4. The monoisotopic (exact) mass is 384 g/mol.